The molecule has 1 N–H and O–H groups in total. The van der Waals surface area contributed by atoms with E-state index in [1.165, 1.54) is 6.07 Å². The molecule has 2 rings (SSSR count). The molecule has 0 heterocycles. The predicted octanol–water partition coefficient (Wildman–Crippen LogP) is 3.84. The molecule has 0 radical (unpaired) electrons. The second-order valence-corrected chi connectivity index (χ2v) is 6.62. The van der Waals surface area contributed by atoms with Gasteiger partial charge >= 0.3 is 0 Å². The first-order valence-corrected chi connectivity index (χ1v) is 7.82. The molecule has 0 spiro atoms. The molecule has 2 aromatic rings. The topological polar surface area (TPSA) is 46.2 Å². The summed E-state index contributed by atoms with van der Waals surface area (Å²) in [5, 5.41) is 0. The van der Waals surface area contributed by atoms with Gasteiger partial charge in [-0.1, -0.05) is 12.1 Å². The number of hydrogen-bond acceptors (Lipinski definition) is 2. The standard InChI is InChI=1S/C13H10BrF2NO2S/c1-8-3-2-4-11(16)13(8)17-20(18,19)12-6-5-9(15)7-10(12)14/h2-7,17H,1H3. The Bertz CT molecular complexity index is 743. The summed E-state index contributed by atoms with van der Waals surface area (Å²) in [6.07, 6.45) is 0. The summed E-state index contributed by atoms with van der Waals surface area (Å²) in [6.45, 7) is 1.58. The SMILES string of the molecule is Cc1cccc(F)c1NS(=O)(=O)c1ccc(F)cc1Br. The number of halogens is 3. The van der Waals surface area contributed by atoms with Crippen LogP contribution in [0.2, 0.25) is 0 Å². The molecule has 7 heteroatoms. The van der Waals surface area contributed by atoms with Crippen molar-refractivity contribution in [2.75, 3.05) is 4.72 Å². The Balaban J connectivity index is 2.46. The number of para-hydroxylation sites is 1. The molecule has 0 saturated heterocycles. The van der Waals surface area contributed by atoms with Crippen LogP contribution in [-0.2, 0) is 10.0 Å². The molecule has 0 fully saturated rings. The Morgan fingerprint density at radius 1 is 1.15 bits per heavy atom. The number of nitrogens with one attached hydrogen (secondary N) is 1. The van der Waals surface area contributed by atoms with Crippen molar-refractivity contribution in [3.63, 3.8) is 0 Å². The summed E-state index contributed by atoms with van der Waals surface area (Å²) in [6, 6.07) is 7.38. The first-order chi connectivity index (χ1) is 9.31. The van der Waals surface area contributed by atoms with E-state index in [0.717, 1.165) is 24.3 Å². The van der Waals surface area contributed by atoms with Crippen molar-refractivity contribution in [1.29, 1.82) is 0 Å². The zero-order chi connectivity index (χ0) is 14.9. The Morgan fingerprint density at radius 2 is 1.85 bits per heavy atom. The molecule has 0 atom stereocenters. The van der Waals surface area contributed by atoms with E-state index in [4.69, 9.17) is 0 Å². The number of sulfonamides is 1. The second kappa shape index (κ2) is 5.49. The van der Waals surface area contributed by atoms with Crippen molar-refractivity contribution in [1.82, 2.24) is 0 Å². The summed E-state index contributed by atoms with van der Waals surface area (Å²) in [7, 11) is -4.01. The van der Waals surface area contributed by atoms with E-state index in [-0.39, 0.29) is 15.1 Å². The van der Waals surface area contributed by atoms with Crippen LogP contribution < -0.4 is 4.72 Å². The van der Waals surface area contributed by atoms with Gasteiger partial charge in [-0.15, -0.1) is 0 Å². The van der Waals surface area contributed by atoms with Gasteiger partial charge in [-0.25, -0.2) is 17.2 Å². The van der Waals surface area contributed by atoms with Crippen molar-refractivity contribution in [2.45, 2.75) is 11.8 Å². The molecule has 0 aliphatic rings. The lowest BCUT2D eigenvalue weighted by Crippen LogP contribution is -2.15. The zero-order valence-corrected chi connectivity index (χ0v) is 12.7. The van der Waals surface area contributed by atoms with E-state index in [1.807, 2.05) is 0 Å². The quantitative estimate of drug-likeness (QED) is 0.902. The van der Waals surface area contributed by atoms with Gasteiger partial charge in [0.05, 0.1) is 5.69 Å². The monoisotopic (exact) mass is 361 g/mol. The minimum Gasteiger partial charge on any atom is -0.276 e. The third-order valence-corrected chi connectivity index (χ3v) is 4.97. The largest absolute Gasteiger partial charge is 0.276 e. The highest BCUT2D eigenvalue weighted by Gasteiger charge is 2.20. The van der Waals surface area contributed by atoms with Crippen molar-refractivity contribution in [2.24, 2.45) is 0 Å². The zero-order valence-electron chi connectivity index (χ0n) is 10.3. The maximum Gasteiger partial charge on any atom is 0.263 e. The van der Waals surface area contributed by atoms with Crippen molar-refractivity contribution >= 4 is 31.6 Å². The first kappa shape index (κ1) is 14.9. The second-order valence-electron chi connectivity index (χ2n) is 4.11. The van der Waals surface area contributed by atoms with Gasteiger partial charge in [-0.2, -0.15) is 0 Å². The molecular weight excluding hydrogens is 352 g/mol. The fourth-order valence-electron chi connectivity index (χ4n) is 1.64. The fraction of sp³-hybridized carbons (Fsp3) is 0.0769. The number of aryl methyl sites for hydroxylation is 1. The Labute approximate surface area is 123 Å². The van der Waals surface area contributed by atoms with Crippen LogP contribution in [0.15, 0.2) is 45.8 Å². The summed E-state index contributed by atoms with van der Waals surface area (Å²) < 4.78 is 53.3. The molecule has 0 bridgehead atoms. The van der Waals surface area contributed by atoms with E-state index in [9.17, 15) is 17.2 Å². The molecule has 0 aliphatic carbocycles. The van der Waals surface area contributed by atoms with Crippen molar-refractivity contribution < 1.29 is 17.2 Å². The highest BCUT2D eigenvalue weighted by Crippen LogP contribution is 2.27. The van der Waals surface area contributed by atoms with E-state index < -0.39 is 21.7 Å². The average Bonchev–Trinajstić information content (AvgIpc) is 2.33. The van der Waals surface area contributed by atoms with Gasteiger partial charge in [0.1, 0.15) is 16.5 Å². The lowest BCUT2D eigenvalue weighted by molar-refractivity contribution is 0.596. The van der Waals surface area contributed by atoms with Gasteiger partial charge in [-0.3, -0.25) is 4.72 Å². The van der Waals surface area contributed by atoms with Gasteiger partial charge in [-0.05, 0) is 52.7 Å². The van der Waals surface area contributed by atoms with Crippen LogP contribution in [0, 0.1) is 18.6 Å². The summed E-state index contributed by atoms with van der Waals surface area (Å²) in [4.78, 5) is -0.165. The van der Waals surface area contributed by atoms with Gasteiger partial charge in [0.15, 0.2) is 0 Å². The molecule has 20 heavy (non-hydrogen) atoms. The van der Waals surface area contributed by atoms with Crippen LogP contribution in [-0.4, -0.2) is 8.42 Å². The van der Waals surface area contributed by atoms with Gasteiger partial charge < -0.3 is 0 Å². The maximum atomic E-state index is 13.7. The summed E-state index contributed by atoms with van der Waals surface area (Å²) >= 11 is 2.98. The van der Waals surface area contributed by atoms with Crippen molar-refractivity contribution in [3.8, 4) is 0 Å². The predicted molar refractivity (Wildman–Crippen MR) is 76.0 cm³/mol. The lowest BCUT2D eigenvalue weighted by atomic mass is 10.2. The van der Waals surface area contributed by atoms with Crippen LogP contribution >= 0.6 is 15.9 Å². The van der Waals surface area contributed by atoms with E-state index in [2.05, 4.69) is 20.7 Å². The third-order valence-electron chi connectivity index (χ3n) is 2.64. The van der Waals surface area contributed by atoms with Gasteiger partial charge in [0.25, 0.3) is 10.0 Å². The molecular formula is C13H10BrF2NO2S. The van der Waals surface area contributed by atoms with Gasteiger partial charge in [0.2, 0.25) is 0 Å². The Morgan fingerprint density at radius 3 is 2.45 bits per heavy atom. The molecule has 2 aromatic carbocycles. The molecule has 0 aromatic heterocycles. The average molecular weight is 362 g/mol. The van der Waals surface area contributed by atoms with Crippen LogP contribution in [0.25, 0.3) is 0 Å². The number of benzene rings is 2. The van der Waals surface area contributed by atoms with Crippen molar-refractivity contribution in [3.05, 3.63) is 58.1 Å². The smallest absolute Gasteiger partial charge is 0.263 e. The van der Waals surface area contributed by atoms with E-state index >= 15 is 0 Å². The maximum absolute atomic E-state index is 13.7. The molecule has 0 saturated carbocycles. The minimum absolute atomic E-state index is 0.0685. The lowest BCUT2D eigenvalue weighted by Gasteiger charge is -2.12. The number of rotatable bonds is 3. The van der Waals surface area contributed by atoms with E-state index in [1.54, 1.807) is 13.0 Å². The fourth-order valence-corrected chi connectivity index (χ4v) is 3.83. The Hall–Kier alpha value is -1.47. The van der Waals surface area contributed by atoms with E-state index in [0.29, 0.717) is 5.56 Å². The normalized spacial score (nSPS) is 11.4. The van der Waals surface area contributed by atoms with Crippen LogP contribution in [0.4, 0.5) is 14.5 Å². The minimum atomic E-state index is -4.01. The van der Waals surface area contributed by atoms with Crippen LogP contribution in [0.3, 0.4) is 0 Å². The highest BCUT2D eigenvalue weighted by atomic mass is 79.9. The molecule has 0 unspecified atom stereocenters. The number of hydrogen-bond donors (Lipinski definition) is 1. The Kier molecular flexibility index (Phi) is 4.10. The number of anilines is 1. The van der Waals surface area contributed by atoms with Crippen LogP contribution in [0.5, 0.6) is 0 Å². The first-order valence-electron chi connectivity index (χ1n) is 5.54. The summed E-state index contributed by atoms with van der Waals surface area (Å²) in [5.41, 5.74) is 0.329. The summed E-state index contributed by atoms with van der Waals surface area (Å²) in [5.74, 6) is -1.25. The molecule has 0 aliphatic heterocycles. The molecule has 106 valence electrons. The molecule has 3 nitrogen and oxygen atoms in total. The molecule has 0 amide bonds. The third kappa shape index (κ3) is 2.99. The van der Waals surface area contributed by atoms with Crippen LogP contribution in [0.1, 0.15) is 5.56 Å². The highest BCUT2D eigenvalue weighted by molar-refractivity contribution is 9.10. The van der Waals surface area contributed by atoms with Gasteiger partial charge in [0, 0.05) is 4.47 Å².